The van der Waals surface area contributed by atoms with Gasteiger partial charge in [-0.25, -0.2) is 0 Å². The van der Waals surface area contributed by atoms with Gasteiger partial charge in [0.25, 0.3) is 5.91 Å². The minimum Gasteiger partial charge on any atom is -0.497 e. The average molecular weight is 493 g/mol. The molecular formula is C24H33BrN2O4. The second kappa shape index (κ2) is 12.0. The Balaban J connectivity index is 1.94. The summed E-state index contributed by atoms with van der Waals surface area (Å²) in [7, 11) is 1.67. The quantitative estimate of drug-likeness (QED) is 0.452. The smallest absolute Gasteiger partial charge is 0.258 e. The van der Waals surface area contributed by atoms with E-state index in [9.17, 15) is 4.79 Å². The summed E-state index contributed by atoms with van der Waals surface area (Å²) in [4.78, 5) is 12.1. The average Bonchev–Trinajstić information content (AvgIpc) is 2.71. The third kappa shape index (κ3) is 8.79. The molecule has 0 heterocycles. The van der Waals surface area contributed by atoms with Crippen molar-refractivity contribution >= 4 is 21.8 Å². The molecule has 0 unspecified atom stereocenters. The van der Waals surface area contributed by atoms with Crippen LogP contribution in [0.1, 0.15) is 38.8 Å². The van der Waals surface area contributed by atoms with Gasteiger partial charge in [-0.05, 0) is 76.1 Å². The van der Waals surface area contributed by atoms with Gasteiger partial charge in [0.2, 0.25) is 0 Å². The lowest BCUT2D eigenvalue weighted by Gasteiger charge is -2.21. The minimum absolute atomic E-state index is 0.0662. The zero-order chi connectivity index (χ0) is 22.9. The van der Waals surface area contributed by atoms with Crippen molar-refractivity contribution in [1.82, 2.24) is 10.6 Å². The summed E-state index contributed by atoms with van der Waals surface area (Å²) in [6.07, 6.45) is 0.921. The molecule has 31 heavy (non-hydrogen) atoms. The van der Waals surface area contributed by atoms with Gasteiger partial charge < -0.3 is 24.8 Å². The van der Waals surface area contributed by atoms with E-state index < -0.39 is 0 Å². The number of carbonyl (C=O) groups excluding carboxylic acids is 1. The van der Waals surface area contributed by atoms with E-state index in [1.165, 1.54) is 5.56 Å². The van der Waals surface area contributed by atoms with E-state index in [4.69, 9.17) is 14.2 Å². The standard InChI is InChI=1S/C24H33BrN2O4/c1-6-30-21-13-18(15-26-12-11-17-7-9-19(29-5)10-8-17)20(25)14-22(21)31-16-23(28)27-24(2,3)4/h7-10,13-14,26H,6,11-12,15-16H2,1-5H3,(H,27,28). The van der Waals surface area contributed by atoms with E-state index in [0.717, 1.165) is 28.8 Å². The lowest BCUT2D eigenvalue weighted by Crippen LogP contribution is -2.43. The van der Waals surface area contributed by atoms with Crippen LogP contribution in [0.4, 0.5) is 0 Å². The highest BCUT2D eigenvalue weighted by atomic mass is 79.9. The van der Waals surface area contributed by atoms with Crippen molar-refractivity contribution < 1.29 is 19.0 Å². The molecule has 0 fully saturated rings. The van der Waals surface area contributed by atoms with E-state index in [2.05, 4.69) is 38.7 Å². The van der Waals surface area contributed by atoms with Crippen LogP contribution in [-0.4, -0.2) is 38.3 Å². The van der Waals surface area contributed by atoms with Gasteiger partial charge >= 0.3 is 0 Å². The Labute approximate surface area is 193 Å². The van der Waals surface area contributed by atoms with Crippen LogP contribution in [0.5, 0.6) is 17.2 Å². The van der Waals surface area contributed by atoms with Gasteiger partial charge in [-0.2, -0.15) is 0 Å². The molecule has 2 rings (SSSR count). The number of amides is 1. The number of halogens is 1. The molecule has 0 atom stereocenters. The molecule has 0 spiro atoms. The van der Waals surface area contributed by atoms with Crippen molar-refractivity contribution in [1.29, 1.82) is 0 Å². The molecule has 0 radical (unpaired) electrons. The van der Waals surface area contributed by atoms with Gasteiger partial charge in [-0.1, -0.05) is 28.1 Å². The first-order chi connectivity index (χ1) is 14.7. The Morgan fingerprint density at radius 3 is 2.35 bits per heavy atom. The van der Waals surface area contributed by atoms with E-state index in [1.807, 2.05) is 52.0 Å². The number of hydrogen-bond donors (Lipinski definition) is 2. The third-order valence-electron chi connectivity index (χ3n) is 4.35. The number of rotatable bonds is 11. The van der Waals surface area contributed by atoms with E-state index in [0.29, 0.717) is 24.7 Å². The lowest BCUT2D eigenvalue weighted by molar-refractivity contribution is -0.124. The van der Waals surface area contributed by atoms with Crippen molar-refractivity contribution in [2.45, 2.75) is 46.2 Å². The maximum Gasteiger partial charge on any atom is 0.258 e. The van der Waals surface area contributed by atoms with E-state index in [-0.39, 0.29) is 18.1 Å². The fourth-order valence-corrected chi connectivity index (χ4v) is 3.40. The molecular weight excluding hydrogens is 460 g/mol. The second-order valence-electron chi connectivity index (χ2n) is 8.19. The molecule has 7 heteroatoms. The van der Waals surface area contributed by atoms with Crippen molar-refractivity contribution in [3.8, 4) is 17.2 Å². The molecule has 2 aromatic carbocycles. The summed E-state index contributed by atoms with van der Waals surface area (Å²) < 4.78 is 17.6. The van der Waals surface area contributed by atoms with Crippen LogP contribution in [0.2, 0.25) is 0 Å². The summed E-state index contributed by atoms with van der Waals surface area (Å²) in [5, 5.41) is 6.35. The van der Waals surface area contributed by atoms with E-state index in [1.54, 1.807) is 7.11 Å². The number of ether oxygens (including phenoxy) is 3. The first kappa shape index (κ1) is 25.0. The molecule has 170 valence electrons. The highest BCUT2D eigenvalue weighted by Gasteiger charge is 2.16. The maximum atomic E-state index is 12.1. The molecule has 2 N–H and O–H groups in total. The minimum atomic E-state index is -0.300. The number of methoxy groups -OCH3 is 1. The Morgan fingerprint density at radius 2 is 1.74 bits per heavy atom. The normalized spacial score (nSPS) is 11.2. The van der Waals surface area contributed by atoms with Gasteiger partial charge in [-0.3, -0.25) is 4.79 Å². The van der Waals surface area contributed by atoms with E-state index >= 15 is 0 Å². The van der Waals surface area contributed by atoms with Crippen LogP contribution in [0.15, 0.2) is 40.9 Å². The monoisotopic (exact) mass is 492 g/mol. The van der Waals surface area contributed by atoms with Crippen molar-refractivity contribution in [3.63, 3.8) is 0 Å². The topological polar surface area (TPSA) is 68.8 Å². The number of hydrogen-bond acceptors (Lipinski definition) is 5. The Kier molecular flexibility index (Phi) is 9.65. The first-order valence-corrected chi connectivity index (χ1v) is 11.2. The zero-order valence-corrected chi connectivity index (χ0v) is 20.6. The van der Waals surface area contributed by atoms with Gasteiger partial charge in [0.05, 0.1) is 13.7 Å². The largest absolute Gasteiger partial charge is 0.497 e. The predicted octanol–water partition coefficient (Wildman–Crippen LogP) is 4.48. The fourth-order valence-electron chi connectivity index (χ4n) is 2.94. The Bertz CT molecular complexity index is 848. The molecule has 0 bridgehead atoms. The summed E-state index contributed by atoms with van der Waals surface area (Å²) in [5.41, 5.74) is 2.01. The number of carbonyl (C=O) groups is 1. The summed E-state index contributed by atoms with van der Waals surface area (Å²) in [6, 6.07) is 11.9. The highest BCUT2D eigenvalue weighted by Crippen LogP contribution is 2.34. The molecule has 0 saturated heterocycles. The maximum absolute atomic E-state index is 12.1. The van der Waals surface area contributed by atoms with Crippen LogP contribution >= 0.6 is 15.9 Å². The van der Waals surface area contributed by atoms with Crippen molar-refractivity contribution in [3.05, 3.63) is 52.0 Å². The SMILES string of the molecule is CCOc1cc(CNCCc2ccc(OC)cc2)c(Br)cc1OCC(=O)NC(C)(C)C. The summed E-state index contributed by atoms with van der Waals surface area (Å²) in [5.74, 6) is 1.86. The van der Waals surface area contributed by atoms with Crippen LogP contribution in [0, 0.1) is 0 Å². The van der Waals surface area contributed by atoms with Crippen LogP contribution < -0.4 is 24.8 Å². The molecule has 2 aromatic rings. The second-order valence-corrected chi connectivity index (χ2v) is 9.04. The summed E-state index contributed by atoms with van der Waals surface area (Å²) >= 11 is 3.61. The fraction of sp³-hybridized carbons (Fsp3) is 0.458. The van der Waals surface area contributed by atoms with Gasteiger partial charge in [-0.15, -0.1) is 0 Å². The van der Waals surface area contributed by atoms with Crippen LogP contribution in [-0.2, 0) is 17.8 Å². The van der Waals surface area contributed by atoms with Crippen LogP contribution in [0.3, 0.4) is 0 Å². The van der Waals surface area contributed by atoms with Crippen molar-refractivity contribution in [2.24, 2.45) is 0 Å². The highest BCUT2D eigenvalue weighted by molar-refractivity contribution is 9.10. The number of nitrogens with one attached hydrogen (secondary N) is 2. The Hall–Kier alpha value is -2.25. The molecule has 0 saturated carbocycles. The molecule has 0 aliphatic carbocycles. The predicted molar refractivity (Wildman–Crippen MR) is 127 cm³/mol. The molecule has 0 aromatic heterocycles. The number of benzene rings is 2. The first-order valence-electron chi connectivity index (χ1n) is 10.4. The van der Waals surface area contributed by atoms with Crippen LogP contribution in [0.25, 0.3) is 0 Å². The summed E-state index contributed by atoms with van der Waals surface area (Å²) in [6.45, 7) is 9.69. The third-order valence-corrected chi connectivity index (χ3v) is 5.09. The van der Waals surface area contributed by atoms with Gasteiger partial charge in [0, 0.05) is 16.6 Å². The Morgan fingerprint density at radius 1 is 1.06 bits per heavy atom. The lowest BCUT2D eigenvalue weighted by atomic mass is 10.1. The van der Waals surface area contributed by atoms with Gasteiger partial charge in [0.1, 0.15) is 5.75 Å². The van der Waals surface area contributed by atoms with Gasteiger partial charge in [0.15, 0.2) is 18.1 Å². The molecule has 0 aliphatic heterocycles. The molecule has 1 amide bonds. The molecule has 6 nitrogen and oxygen atoms in total. The molecule has 0 aliphatic rings. The zero-order valence-electron chi connectivity index (χ0n) is 19.0. The van der Waals surface area contributed by atoms with Crippen molar-refractivity contribution in [2.75, 3.05) is 26.9 Å².